The van der Waals surface area contributed by atoms with Gasteiger partial charge in [-0.05, 0) is 45.1 Å². The zero-order valence-corrected chi connectivity index (χ0v) is 11.3. The molecule has 1 saturated carbocycles. The summed E-state index contributed by atoms with van der Waals surface area (Å²) in [6.45, 7) is 4.70. The van der Waals surface area contributed by atoms with Crippen LogP contribution in [0.2, 0.25) is 0 Å². The molecule has 1 aromatic heterocycles. The molecule has 0 aromatic carbocycles. The molecule has 0 bridgehead atoms. The third kappa shape index (κ3) is 2.54. The first kappa shape index (κ1) is 12.4. The van der Waals surface area contributed by atoms with Gasteiger partial charge in [0.1, 0.15) is 11.6 Å². The molecule has 100 valence electrons. The first-order valence-electron chi connectivity index (χ1n) is 6.69. The van der Waals surface area contributed by atoms with Crippen LogP contribution in [0, 0.1) is 11.3 Å². The molecule has 2 fully saturated rings. The Morgan fingerprint density at radius 2 is 2.21 bits per heavy atom. The Hall–Kier alpha value is -1.67. The summed E-state index contributed by atoms with van der Waals surface area (Å²) in [5.74, 6) is 1.56. The summed E-state index contributed by atoms with van der Waals surface area (Å²) in [6, 6.07) is 2.23. The van der Waals surface area contributed by atoms with Crippen LogP contribution in [0.3, 0.4) is 0 Å². The quantitative estimate of drug-likeness (QED) is 0.763. The van der Waals surface area contributed by atoms with Crippen molar-refractivity contribution < 1.29 is 9.26 Å². The molecule has 19 heavy (non-hydrogen) atoms. The Balaban J connectivity index is 1.92. The van der Waals surface area contributed by atoms with E-state index >= 15 is 0 Å². The molecule has 0 spiro atoms. The maximum absolute atomic E-state index is 9.39. The fraction of sp³-hybridized carbons (Fsp3) is 0.643. The van der Waals surface area contributed by atoms with Gasteiger partial charge in [0.2, 0.25) is 0 Å². The molecule has 1 aliphatic heterocycles. The van der Waals surface area contributed by atoms with Gasteiger partial charge in [-0.25, -0.2) is 0 Å². The monoisotopic (exact) mass is 259 g/mol. The lowest BCUT2D eigenvalue weighted by atomic mass is 9.90. The molecule has 1 saturated heterocycles. The third-order valence-corrected chi connectivity index (χ3v) is 3.60. The van der Waals surface area contributed by atoms with Gasteiger partial charge in [-0.3, -0.25) is 0 Å². The minimum absolute atomic E-state index is 0.227. The van der Waals surface area contributed by atoms with E-state index < -0.39 is 0 Å². The Morgan fingerprint density at radius 3 is 2.84 bits per heavy atom. The zero-order chi connectivity index (χ0) is 13.5. The predicted octanol–water partition coefficient (Wildman–Crippen LogP) is 2.81. The fourth-order valence-corrected chi connectivity index (χ4v) is 2.44. The summed E-state index contributed by atoms with van der Waals surface area (Å²) in [5.41, 5.74) is 1.37. The lowest BCUT2D eigenvalue weighted by molar-refractivity contribution is -0.0330. The van der Waals surface area contributed by atoms with Crippen LogP contribution in [0.4, 0.5) is 0 Å². The third-order valence-electron chi connectivity index (χ3n) is 3.60. The highest BCUT2D eigenvalue weighted by molar-refractivity contribution is 5.74. The molecule has 1 aromatic rings. The summed E-state index contributed by atoms with van der Waals surface area (Å²) in [7, 11) is 0. The summed E-state index contributed by atoms with van der Waals surface area (Å²) in [5, 5.41) is 13.4. The van der Waals surface area contributed by atoms with E-state index in [1.54, 1.807) is 0 Å². The van der Waals surface area contributed by atoms with Crippen LogP contribution < -0.4 is 0 Å². The minimum atomic E-state index is -0.227. The predicted molar refractivity (Wildman–Crippen MR) is 68.1 cm³/mol. The number of rotatable bonds is 2. The van der Waals surface area contributed by atoms with Crippen LogP contribution in [-0.4, -0.2) is 22.3 Å². The van der Waals surface area contributed by atoms with Gasteiger partial charge in [-0.1, -0.05) is 5.16 Å². The molecular weight excluding hydrogens is 242 g/mol. The summed E-state index contributed by atoms with van der Waals surface area (Å²) >= 11 is 0. The van der Waals surface area contributed by atoms with Crippen molar-refractivity contribution >= 4 is 5.57 Å². The van der Waals surface area contributed by atoms with Gasteiger partial charge in [0.25, 0.3) is 5.89 Å². The van der Waals surface area contributed by atoms with Crippen LogP contribution in [0.1, 0.15) is 57.2 Å². The number of aromatic nitrogens is 2. The minimum Gasteiger partial charge on any atom is -0.375 e. The van der Waals surface area contributed by atoms with Crippen molar-refractivity contribution in [1.29, 1.82) is 5.26 Å². The van der Waals surface area contributed by atoms with Crippen molar-refractivity contribution in [2.75, 3.05) is 6.61 Å². The van der Waals surface area contributed by atoms with E-state index in [0.717, 1.165) is 37.1 Å². The molecule has 3 rings (SSSR count). The van der Waals surface area contributed by atoms with Gasteiger partial charge in [0, 0.05) is 5.92 Å². The lowest BCUT2D eigenvalue weighted by Crippen LogP contribution is -2.30. The number of ether oxygens (including phenoxy) is 1. The van der Waals surface area contributed by atoms with Crippen molar-refractivity contribution in [3.8, 4) is 6.07 Å². The van der Waals surface area contributed by atoms with E-state index in [9.17, 15) is 5.26 Å². The van der Waals surface area contributed by atoms with E-state index in [4.69, 9.17) is 9.26 Å². The summed E-state index contributed by atoms with van der Waals surface area (Å²) < 4.78 is 10.9. The van der Waals surface area contributed by atoms with E-state index in [1.165, 1.54) is 0 Å². The molecule has 0 atom stereocenters. The number of hydrogen-bond acceptors (Lipinski definition) is 5. The number of nitriles is 1. The largest absolute Gasteiger partial charge is 0.375 e. The lowest BCUT2D eigenvalue weighted by Gasteiger charge is -2.31. The average molecular weight is 259 g/mol. The topological polar surface area (TPSA) is 71.9 Å². The van der Waals surface area contributed by atoms with Crippen molar-refractivity contribution in [3.63, 3.8) is 0 Å². The average Bonchev–Trinajstić information content (AvgIpc) is 3.09. The summed E-state index contributed by atoms with van der Waals surface area (Å²) in [6.07, 6.45) is 3.74. The van der Waals surface area contributed by atoms with Gasteiger partial charge in [-0.15, -0.1) is 0 Å². The van der Waals surface area contributed by atoms with Gasteiger partial charge >= 0.3 is 0 Å². The molecule has 0 amide bonds. The Kier molecular flexibility index (Phi) is 2.90. The molecule has 2 aliphatic rings. The fourth-order valence-electron chi connectivity index (χ4n) is 2.44. The number of hydrogen-bond donors (Lipinski definition) is 0. The number of nitrogens with zero attached hydrogens (tertiary/aromatic N) is 3. The zero-order valence-electron chi connectivity index (χ0n) is 11.3. The first-order chi connectivity index (χ1) is 9.09. The molecular formula is C14H17N3O2. The van der Waals surface area contributed by atoms with Crippen molar-refractivity contribution in [2.45, 2.75) is 51.0 Å². The van der Waals surface area contributed by atoms with Gasteiger partial charge in [0.15, 0.2) is 5.82 Å². The molecule has 1 aliphatic carbocycles. The Morgan fingerprint density at radius 1 is 1.42 bits per heavy atom. The second kappa shape index (κ2) is 4.46. The SMILES string of the molecule is CC1(C)CC(=C(C#N)c2nc(C3CC3)no2)CCO1. The molecule has 0 unspecified atom stereocenters. The highest BCUT2D eigenvalue weighted by Gasteiger charge is 2.31. The maximum atomic E-state index is 9.39. The first-order valence-corrected chi connectivity index (χ1v) is 6.69. The molecule has 0 N–H and O–H groups in total. The van der Waals surface area contributed by atoms with E-state index in [1.807, 2.05) is 13.8 Å². The van der Waals surface area contributed by atoms with Crippen LogP contribution in [-0.2, 0) is 4.74 Å². The van der Waals surface area contributed by atoms with Gasteiger partial charge in [-0.2, -0.15) is 10.2 Å². The standard InChI is InChI=1S/C14H17N3O2/c1-14(2)7-10(5-6-18-14)11(8-15)13-16-12(17-19-13)9-3-4-9/h9H,3-7H2,1-2H3. The van der Waals surface area contributed by atoms with Crippen molar-refractivity contribution in [3.05, 3.63) is 17.3 Å². The Bertz CT molecular complexity index is 561. The van der Waals surface area contributed by atoms with Crippen molar-refractivity contribution in [1.82, 2.24) is 10.1 Å². The van der Waals surface area contributed by atoms with Crippen LogP contribution in [0.5, 0.6) is 0 Å². The van der Waals surface area contributed by atoms with Crippen LogP contribution in [0.25, 0.3) is 5.57 Å². The van der Waals surface area contributed by atoms with Gasteiger partial charge in [0.05, 0.1) is 12.2 Å². The molecule has 0 radical (unpaired) electrons. The molecule has 2 heterocycles. The van der Waals surface area contributed by atoms with Crippen LogP contribution >= 0.6 is 0 Å². The normalized spacial score (nSPS) is 24.9. The Labute approximate surface area is 112 Å². The van der Waals surface area contributed by atoms with E-state index in [0.29, 0.717) is 24.0 Å². The number of allylic oxidation sites excluding steroid dienone is 1. The maximum Gasteiger partial charge on any atom is 0.268 e. The van der Waals surface area contributed by atoms with E-state index in [2.05, 4.69) is 16.2 Å². The van der Waals surface area contributed by atoms with Crippen molar-refractivity contribution in [2.24, 2.45) is 0 Å². The summed E-state index contributed by atoms with van der Waals surface area (Å²) in [4.78, 5) is 4.37. The smallest absolute Gasteiger partial charge is 0.268 e. The highest BCUT2D eigenvalue weighted by atomic mass is 16.5. The molecule has 5 heteroatoms. The molecule has 5 nitrogen and oxygen atoms in total. The second-order valence-electron chi connectivity index (χ2n) is 5.86. The van der Waals surface area contributed by atoms with Gasteiger partial charge < -0.3 is 9.26 Å². The highest BCUT2D eigenvalue weighted by Crippen LogP contribution is 2.39. The van der Waals surface area contributed by atoms with E-state index in [-0.39, 0.29) is 5.60 Å². The van der Waals surface area contributed by atoms with Crippen LogP contribution in [0.15, 0.2) is 10.1 Å². The second-order valence-corrected chi connectivity index (χ2v) is 5.86.